The number of hydrogen-bond acceptors (Lipinski definition) is 4. The van der Waals surface area contributed by atoms with Gasteiger partial charge in [-0.15, -0.1) is 0 Å². The van der Waals surface area contributed by atoms with Crippen LogP contribution in [0.5, 0.6) is 0 Å². The van der Waals surface area contributed by atoms with Crippen molar-refractivity contribution in [1.82, 2.24) is 9.88 Å². The number of rotatable bonds is 4. The van der Waals surface area contributed by atoms with Crippen LogP contribution in [0, 0.1) is 6.92 Å². The molecule has 0 amide bonds. The minimum Gasteiger partial charge on any atom is -0.381 e. The third-order valence-corrected chi connectivity index (χ3v) is 3.92. The van der Waals surface area contributed by atoms with E-state index in [1.165, 1.54) is 11.1 Å². The van der Waals surface area contributed by atoms with Crippen molar-refractivity contribution in [2.24, 2.45) is 5.73 Å². The number of ether oxygens (including phenoxy) is 1. The van der Waals surface area contributed by atoms with Crippen molar-refractivity contribution in [2.75, 3.05) is 26.8 Å². The maximum Gasteiger partial charge on any atom is 0.0488 e. The number of aryl methyl sites for hydroxylation is 1. The Morgan fingerprint density at radius 1 is 1.50 bits per heavy atom. The molecule has 1 aliphatic heterocycles. The largest absolute Gasteiger partial charge is 0.381 e. The Labute approximate surface area is 109 Å². The second-order valence-electron chi connectivity index (χ2n) is 4.99. The molecule has 0 saturated carbocycles. The van der Waals surface area contributed by atoms with Gasteiger partial charge in [0, 0.05) is 44.2 Å². The van der Waals surface area contributed by atoms with Crippen molar-refractivity contribution >= 4 is 0 Å². The molecule has 2 N–H and O–H groups in total. The van der Waals surface area contributed by atoms with Crippen molar-refractivity contribution in [3.8, 4) is 0 Å². The lowest BCUT2D eigenvalue weighted by Crippen LogP contribution is -2.41. The third kappa shape index (κ3) is 2.88. The van der Waals surface area contributed by atoms with Gasteiger partial charge in [0.2, 0.25) is 0 Å². The number of nitrogens with two attached hydrogens (primary N) is 1. The molecular formula is C14H23N3O. The van der Waals surface area contributed by atoms with Gasteiger partial charge in [-0.2, -0.15) is 0 Å². The van der Waals surface area contributed by atoms with Gasteiger partial charge >= 0.3 is 0 Å². The highest BCUT2D eigenvalue weighted by molar-refractivity contribution is 5.25. The molecule has 4 heteroatoms. The number of likely N-dealkylation sites (N-methyl/N-ethyl adjacent to an activating group) is 1. The normalized spacial score (nSPS) is 19.1. The first-order valence-corrected chi connectivity index (χ1v) is 6.64. The molecule has 2 rings (SSSR count). The molecule has 18 heavy (non-hydrogen) atoms. The predicted octanol–water partition coefficient (Wildman–Crippen LogP) is 1.50. The topological polar surface area (TPSA) is 51.4 Å². The van der Waals surface area contributed by atoms with Gasteiger partial charge in [-0.3, -0.25) is 9.88 Å². The molecular weight excluding hydrogens is 226 g/mol. The number of nitrogens with zero attached hydrogens (tertiary/aromatic N) is 2. The molecule has 0 aliphatic carbocycles. The Bertz CT molecular complexity index is 377. The molecule has 1 saturated heterocycles. The summed E-state index contributed by atoms with van der Waals surface area (Å²) in [4.78, 5) is 6.63. The van der Waals surface area contributed by atoms with E-state index < -0.39 is 0 Å². The molecule has 1 aromatic rings. The molecule has 1 aromatic heterocycles. The molecule has 4 nitrogen and oxygen atoms in total. The molecule has 0 bridgehead atoms. The van der Waals surface area contributed by atoms with E-state index in [0.29, 0.717) is 12.6 Å². The summed E-state index contributed by atoms with van der Waals surface area (Å²) in [5, 5.41) is 0. The van der Waals surface area contributed by atoms with Gasteiger partial charge in [-0.05, 0) is 44.0 Å². The summed E-state index contributed by atoms with van der Waals surface area (Å²) in [6.45, 7) is 4.47. The molecule has 100 valence electrons. The first-order chi connectivity index (χ1) is 8.74. The summed E-state index contributed by atoms with van der Waals surface area (Å²) < 4.78 is 5.42. The highest BCUT2D eigenvalue weighted by Crippen LogP contribution is 2.26. The maximum absolute atomic E-state index is 5.98. The summed E-state index contributed by atoms with van der Waals surface area (Å²) in [7, 11) is 2.17. The lowest BCUT2D eigenvalue weighted by Gasteiger charge is -2.37. The van der Waals surface area contributed by atoms with Crippen LogP contribution in [0.1, 0.15) is 30.0 Å². The Morgan fingerprint density at radius 3 is 2.83 bits per heavy atom. The SMILES string of the molecule is Cc1ccncc1C(CN)N(C)C1CCOCC1. The van der Waals surface area contributed by atoms with Gasteiger partial charge < -0.3 is 10.5 Å². The van der Waals surface area contributed by atoms with Crippen LogP contribution >= 0.6 is 0 Å². The van der Waals surface area contributed by atoms with Crippen LogP contribution in [-0.4, -0.2) is 42.7 Å². The minimum absolute atomic E-state index is 0.252. The first-order valence-electron chi connectivity index (χ1n) is 6.64. The fourth-order valence-electron chi connectivity index (χ4n) is 2.68. The lowest BCUT2D eigenvalue weighted by atomic mass is 9.99. The summed E-state index contributed by atoms with van der Waals surface area (Å²) in [5.74, 6) is 0. The van der Waals surface area contributed by atoms with Crippen LogP contribution in [0.3, 0.4) is 0 Å². The zero-order valence-electron chi connectivity index (χ0n) is 11.3. The van der Waals surface area contributed by atoms with E-state index in [-0.39, 0.29) is 6.04 Å². The van der Waals surface area contributed by atoms with Crippen LogP contribution in [0.25, 0.3) is 0 Å². The van der Waals surface area contributed by atoms with Crippen molar-refractivity contribution in [3.63, 3.8) is 0 Å². The average molecular weight is 249 g/mol. The molecule has 0 aromatic carbocycles. The van der Waals surface area contributed by atoms with Crippen molar-refractivity contribution < 1.29 is 4.74 Å². The standard InChI is InChI=1S/C14H23N3O/c1-11-3-6-16-10-13(11)14(9-15)17(2)12-4-7-18-8-5-12/h3,6,10,12,14H,4-5,7-9,15H2,1-2H3. The molecule has 0 spiro atoms. The van der Waals surface area contributed by atoms with Gasteiger partial charge in [-0.25, -0.2) is 0 Å². The van der Waals surface area contributed by atoms with Gasteiger partial charge in [0.15, 0.2) is 0 Å². The Hall–Kier alpha value is -0.970. The Kier molecular flexibility index (Phi) is 4.69. The van der Waals surface area contributed by atoms with E-state index in [0.717, 1.165) is 26.1 Å². The van der Waals surface area contributed by atoms with Crippen molar-refractivity contribution in [2.45, 2.75) is 31.8 Å². The molecule has 1 fully saturated rings. The summed E-state index contributed by atoms with van der Waals surface area (Å²) >= 11 is 0. The van der Waals surface area contributed by atoms with E-state index in [4.69, 9.17) is 10.5 Å². The average Bonchev–Trinajstić information content (AvgIpc) is 2.42. The molecule has 1 unspecified atom stereocenters. The van der Waals surface area contributed by atoms with E-state index in [9.17, 15) is 0 Å². The van der Waals surface area contributed by atoms with Crippen LogP contribution in [-0.2, 0) is 4.74 Å². The molecule has 2 heterocycles. The molecule has 1 atom stereocenters. The zero-order valence-corrected chi connectivity index (χ0v) is 11.3. The Balaban J connectivity index is 2.14. The van der Waals surface area contributed by atoms with E-state index in [2.05, 4.69) is 29.9 Å². The van der Waals surface area contributed by atoms with E-state index >= 15 is 0 Å². The monoisotopic (exact) mass is 249 g/mol. The smallest absolute Gasteiger partial charge is 0.0488 e. The molecule has 0 radical (unpaired) electrons. The maximum atomic E-state index is 5.98. The minimum atomic E-state index is 0.252. The van der Waals surface area contributed by atoms with Crippen molar-refractivity contribution in [3.05, 3.63) is 29.6 Å². The molecule has 1 aliphatic rings. The highest BCUT2D eigenvalue weighted by atomic mass is 16.5. The summed E-state index contributed by atoms with van der Waals surface area (Å²) in [6.07, 6.45) is 5.96. The second kappa shape index (κ2) is 6.27. The summed E-state index contributed by atoms with van der Waals surface area (Å²) in [6, 6.07) is 2.87. The summed E-state index contributed by atoms with van der Waals surface area (Å²) in [5.41, 5.74) is 8.49. The lowest BCUT2D eigenvalue weighted by molar-refractivity contribution is 0.0292. The Morgan fingerprint density at radius 2 is 2.22 bits per heavy atom. The zero-order chi connectivity index (χ0) is 13.0. The van der Waals surface area contributed by atoms with Gasteiger partial charge in [-0.1, -0.05) is 0 Å². The van der Waals surface area contributed by atoms with Gasteiger partial charge in [0.05, 0.1) is 0 Å². The van der Waals surface area contributed by atoms with Gasteiger partial charge in [0.1, 0.15) is 0 Å². The number of hydrogen-bond donors (Lipinski definition) is 1. The highest BCUT2D eigenvalue weighted by Gasteiger charge is 2.25. The van der Waals surface area contributed by atoms with E-state index in [1.54, 1.807) is 0 Å². The van der Waals surface area contributed by atoms with Crippen LogP contribution < -0.4 is 5.73 Å². The third-order valence-electron chi connectivity index (χ3n) is 3.92. The number of pyridine rings is 1. The van der Waals surface area contributed by atoms with Crippen molar-refractivity contribution in [1.29, 1.82) is 0 Å². The predicted molar refractivity (Wildman–Crippen MR) is 72.4 cm³/mol. The fraction of sp³-hybridized carbons (Fsp3) is 0.643. The van der Waals surface area contributed by atoms with E-state index in [1.807, 2.05) is 12.4 Å². The van der Waals surface area contributed by atoms with Crippen LogP contribution in [0.2, 0.25) is 0 Å². The number of aromatic nitrogens is 1. The van der Waals surface area contributed by atoms with Gasteiger partial charge in [0.25, 0.3) is 0 Å². The second-order valence-corrected chi connectivity index (χ2v) is 4.99. The van der Waals surface area contributed by atoms with Crippen LogP contribution in [0.15, 0.2) is 18.5 Å². The first kappa shape index (κ1) is 13.5. The van der Waals surface area contributed by atoms with Crippen LogP contribution in [0.4, 0.5) is 0 Å². The fourth-order valence-corrected chi connectivity index (χ4v) is 2.68. The quantitative estimate of drug-likeness (QED) is 0.878.